The molecule has 0 aliphatic heterocycles. The predicted molar refractivity (Wildman–Crippen MR) is 128 cm³/mol. The molecule has 2 aromatic rings. The minimum atomic E-state index is -3.75. The monoisotopic (exact) mass is 479 g/mol. The zero-order valence-electron chi connectivity index (χ0n) is 19.1. The molecule has 0 aliphatic carbocycles. The molecule has 0 aliphatic rings. The van der Waals surface area contributed by atoms with Crippen molar-refractivity contribution in [2.75, 3.05) is 23.7 Å². The van der Waals surface area contributed by atoms with Crippen LogP contribution in [0.2, 0.25) is 5.02 Å². The smallest absolute Gasteiger partial charge is 0.244 e. The maximum atomic E-state index is 13.4. The van der Waals surface area contributed by atoms with Crippen molar-refractivity contribution in [1.82, 2.24) is 10.2 Å². The van der Waals surface area contributed by atoms with Crippen LogP contribution in [-0.4, -0.2) is 50.5 Å². The van der Waals surface area contributed by atoms with Crippen molar-refractivity contribution in [3.05, 3.63) is 64.2 Å². The van der Waals surface area contributed by atoms with Crippen molar-refractivity contribution in [2.45, 2.75) is 40.3 Å². The minimum absolute atomic E-state index is 0.113. The van der Waals surface area contributed by atoms with E-state index in [1.807, 2.05) is 19.9 Å². The lowest BCUT2D eigenvalue weighted by Crippen LogP contribution is -2.51. The van der Waals surface area contributed by atoms with Gasteiger partial charge in [-0.15, -0.1) is 0 Å². The molecule has 0 spiro atoms. The molecule has 0 aromatic heterocycles. The first-order chi connectivity index (χ1) is 14.9. The second-order valence-corrected chi connectivity index (χ2v) is 10.2. The second-order valence-electron chi connectivity index (χ2n) is 7.84. The normalized spacial score (nSPS) is 12.2. The second kappa shape index (κ2) is 10.8. The fourth-order valence-corrected chi connectivity index (χ4v) is 4.49. The number of anilines is 1. The van der Waals surface area contributed by atoms with Gasteiger partial charge in [-0.2, -0.15) is 0 Å². The van der Waals surface area contributed by atoms with Crippen LogP contribution < -0.4 is 9.62 Å². The van der Waals surface area contributed by atoms with E-state index >= 15 is 0 Å². The van der Waals surface area contributed by atoms with E-state index < -0.39 is 28.5 Å². The summed E-state index contributed by atoms with van der Waals surface area (Å²) in [6.45, 7) is 7.24. The molecule has 2 amide bonds. The van der Waals surface area contributed by atoms with Crippen LogP contribution in [0.3, 0.4) is 0 Å². The standard InChI is InChI=1S/C23H30ClN3O4S/c1-6-25-23(29)18(4)26(14-19-8-7-9-20(24)13-19)22(28)15-27(32(5,30)31)21-11-16(2)10-17(3)12-21/h7-13,18H,6,14-15H2,1-5H3,(H,25,29). The number of amides is 2. The van der Waals surface area contributed by atoms with E-state index in [-0.39, 0.29) is 12.5 Å². The summed E-state index contributed by atoms with van der Waals surface area (Å²) < 4.78 is 26.2. The van der Waals surface area contributed by atoms with Crippen LogP contribution in [0.5, 0.6) is 0 Å². The Morgan fingerprint density at radius 1 is 1.09 bits per heavy atom. The fourth-order valence-electron chi connectivity index (χ4n) is 3.44. The van der Waals surface area contributed by atoms with E-state index in [9.17, 15) is 18.0 Å². The lowest BCUT2D eigenvalue weighted by molar-refractivity contribution is -0.139. The molecule has 0 fully saturated rings. The number of nitrogens with zero attached hydrogens (tertiary/aromatic N) is 2. The molecule has 0 bridgehead atoms. The predicted octanol–water partition coefficient (Wildman–Crippen LogP) is 3.28. The molecule has 1 N–H and O–H groups in total. The zero-order valence-corrected chi connectivity index (χ0v) is 20.6. The lowest BCUT2D eigenvalue weighted by Gasteiger charge is -2.31. The Hall–Kier alpha value is -2.58. The molecule has 0 saturated carbocycles. The largest absolute Gasteiger partial charge is 0.355 e. The van der Waals surface area contributed by atoms with E-state index in [0.29, 0.717) is 17.3 Å². The van der Waals surface area contributed by atoms with Crippen LogP contribution in [0.4, 0.5) is 5.69 Å². The first-order valence-electron chi connectivity index (χ1n) is 10.3. The van der Waals surface area contributed by atoms with Crippen LogP contribution in [-0.2, 0) is 26.2 Å². The summed E-state index contributed by atoms with van der Waals surface area (Å²) in [5.74, 6) is -0.812. The molecule has 0 heterocycles. The minimum Gasteiger partial charge on any atom is -0.355 e. The third-order valence-corrected chi connectivity index (χ3v) is 6.31. The van der Waals surface area contributed by atoms with Gasteiger partial charge in [-0.25, -0.2) is 8.42 Å². The molecule has 32 heavy (non-hydrogen) atoms. The van der Waals surface area contributed by atoms with Crippen molar-refractivity contribution >= 4 is 39.1 Å². The Morgan fingerprint density at radius 3 is 2.25 bits per heavy atom. The van der Waals surface area contributed by atoms with Gasteiger partial charge in [0.05, 0.1) is 11.9 Å². The number of nitrogens with one attached hydrogen (secondary N) is 1. The van der Waals surface area contributed by atoms with Gasteiger partial charge in [0, 0.05) is 18.1 Å². The summed E-state index contributed by atoms with van der Waals surface area (Å²) in [5, 5.41) is 3.23. The van der Waals surface area contributed by atoms with Gasteiger partial charge in [0.2, 0.25) is 21.8 Å². The Labute approximate surface area is 195 Å². The maximum Gasteiger partial charge on any atom is 0.244 e. The van der Waals surface area contributed by atoms with Gasteiger partial charge in [-0.05, 0) is 68.7 Å². The average molecular weight is 480 g/mol. The van der Waals surface area contributed by atoms with Gasteiger partial charge in [0.1, 0.15) is 12.6 Å². The summed E-state index contributed by atoms with van der Waals surface area (Å²) in [6, 6.07) is 11.5. The average Bonchev–Trinajstić information content (AvgIpc) is 2.68. The zero-order chi connectivity index (χ0) is 24.1. The van der Waals surface area contributed by atoms with E-state index in [0.717, 1.165) is 27.3 Å². The summed E-state index contributed by atoms with van der Waals surface area (Å²) in [6.07, 6.45) is 1.06. The van der Waals surface area contributed by atoms with Gasteiger partial charge < -0.3 is 10.2 Å². The first kappa shape index (κ1) is 25.7. The highest BCUT2D eigenvalue weighted by Crippen LogP contribution is 2.22. The molecular formula is C23H30ClN3O4S. The van der Waals surface area contributed by atoms with Gasteiger partial charge in [-0.1, -0.05) is 29.8 Å². The van der Waals surface area contributed by atoms with E-state index in [4.69, 9.17) is 11.6 Å². The highest BCUT2D eigenvalue weighted by Gasteiger charge is 2.30. The number of carbonyl (C=O) groups excluding carboxylic acids is 2. The number of benzene rings is 2. The Kier molecular flexibility index (Phi) is 8.69. The summed E-state index contributed by atoms with van der Waals surface area (Å²) in [7, 11) is -3.75. The maximum absolute atomic E-state index is 13.4. The molecule has 174 valence electrons. The SMILES string of the molecule is CCNC(=O)C(C)N(Cc1cccc(Cl)c1)C(=O)CN(c1cc(C)cc(C)c1)S(C)(=O)=O. The molecule has 7 nitrogen and oxygen atoms in total. The fraction of sp³-hybridized carbons (Fsp3) is 0.391. The van der Waals surface area contributed by atoms with Crippen LogP contribution >= 0.6 is 11.6 Å². The number of likely N-dealkylation sites (N-methyl/N-ethyl adjacent to an activating group) is 1. The van der Waals surface area contributed by atoms with E-state index in [1.165, 1.54) is 4.90 Å². The highest BCUT2D eigenvalue weighted by atomic mass is 35.5. The number of hydrogen-bond donors (Lipinski definition) is 1. The molecule has 1 atom stereocenters. The Bertz CT molecular complexity index is 1070. The Morgan fingerprint density at radius 2 is 1.72 bits per heavy atom. The number of hydrogen-bond acceptors (Lipinski definition) is 4. The third kappa shape index (κ3) is 6.97. The molecule has 1 unspecified atom stereocenters. The molecule has 2 rings (SSSR count). The quantitative estimate of drug-likeness (QED) is 0.598. The number of aryl methyl sites for hydroxylation is 2. The molecule has 0 radical (unpaired) electrons. The van der Waals surface area contributed by atoms with Crippen LogP contribution in [0.15, 0.2) is 42.5 Å². The molecule has 9 heteroatoms. The molecule has 2 aromatic carbocycles. The van der Waals surface area contributed by atoms with Crippen LogP contribution in [0.1, 0.15) is 30.5 Å². The molecule has 0 saturated heterocycles. The van der Waals surface area contributed by atoms with Crippen LogP contribution in [0, 0.1) is 13.8 Å². The van der Waals surface area contributed by atoms with Crippen molar-refractivity contribution in [2.24, 2.45) is 0 Å². The number of sulfonamides is 1. The first-order valence-corrected chi connectivity index (χ1v) is 12.5. The van der Waals surface area contributed by atoms with E-state index in [1.54, 1.807) is 50.2 Å². The van der Waals surface area contributed by atoms with Gasteiger partial charge in [0.15, 0.2) is 0 Å². The van der Waals surface area contributed by atoms with Gasteiger partial charge >= 0.3 is 0 Å². The summed E-state index contributed by atoms with van der Waals surface area (Å²) in [4.78, 5) is 27.3. The van der Waals surface area contributed by atoms with Crippen molar-refractivity contribution in [1.29, 1.82) is 0 Å². The van der Waals surface area contributed by atoms with Gasteiger partial charge in [0.25, 0.3) is 0 Å². The van der Waals surface area contributed by atoms with Crippen molar-refractivity contribution < 1.29 is 18.0 Å². The van der Waals surface area contributed by atoms with Crippen molar-refractivity contribution in [3.8, 4) is 0 Å². The van der Waals surface area contributed by atoms with E-state index in [2.05, 4.69) is 5.32 Å². The highest BCUT2D eigenvalue weighted by molar-refractivity contribution is 7.92. The Balaban J connectivity index is 2.42. The third-order valence-electron chi connectivity index (χ3n) is 4.93. The number of rotatable bonds is 9. The molecular weight excluding hydrogens is 450 g/mol. The number of carbonyl (C=O) groups is 2. The number of halogens is 1. The lowest BCUT2D eigenvalue weighted by atomic mass is 10.1. The summed E-state index contributed by atoms with van der Waals surface area (Å²) in [5.41, 5.74) is 2.91. The van der Waals surface area contributed by atoms with Gasteiger partial charge in [-0.3, -0.25) is 13.9 Å². The topological polar surface area (TPSA) is 86.8 Å². The van der Waals surface area contributed by atoms with Crippen molar-refractivity contribution in [3.63, 3.8) is 0 Å². The van der Waals surface area contributed by atoms with Crippen LogP contribution in [0.25, 0.3) is 0 Å². The summed E-state index contributed by atoms with van der Waals surface area (Å²) >= 11 is 6.08.